The Bertz CT molecular complexity index is 165. The minimum atomic E-state index is -0.267. The third-order valence-electron chi connectivity index (χ3n) is 3.30. The van der Waals surface area contributed by atoms with Crippen molar-refractivity contribution in [1.82, 2.24) is 0 Å². The maximum atomic E-state index is 10.2. The monoisotopic (exact) mass is 201 g/mol. The van der Waals surface area contributed by atoms with Crippen molar-refractivity contribution in [2.75, 3.05) is 19.8 Å². The fraction of sp³-hybridized carbons (Fsp3) is 1.00. The Labute approximate surface area is 86.6 Å². The van der Waals surface area contributed by atoms with Gasteiger partial charge in [0.05, 0.1) is 6.10 Å². The van der Waals surface area contributed by atoms with E-state index in [0.29, 0.717) is 12.5 Å². The van der Waals surface area contributed by atoms with Crippen LogP contribution in [0.2, 0.25) is 0 Å². The van der Waals surface area contributed by atoms with Crippen molar-refractivity contribution in [3.63, 3.8) is 0 Å². The van der Waals surface area contributed by atoms with Crippen LogP contribution >= 0.6 is 0 Å². The molecule has 3 N–H and O–H groups in total. The quantitative estimate of drug-likeness (QED) is 0.717. The normalized spacial score (nSPS) is 23.8. The number of aliphatic hydroxyl groups excluding tert-OH is 1. The second-order valence-corrected chi connectivity index (χ2v) is 4.82. The van der Waals surface area contributed by atoms with E-state index in [-0.39, 0.29) is 11.5 Å². The van der Waals surface area contributed by atoms with Gasteiger partial charge in [-0.15, -0.1) is 0 Å². The second kappa shape index (κ2) is 5.10. The van der Waals surface area contributed by atoms with Crippen LogP contribution in [-0.4, -0.2) is 31.0 Å². The summed E-state index contributed by atoms with van der Waals surface area (Å²) in [5.74, 6) is 0.524. The number of ether oxygens (including phenoxy) is 1. The molecule has 1 rings (SSSR count). The summed E-state index contributed by atoms with van der Waals surface area (Å²) in [4.78, 5) is 0. The highest BCUT2D eigenvalue weighted by Crippen LogP contribution is 2.35. The predicted octanol–water partition coefficient (Wildman–Crippen LogP) is 1.15. The van der Waals surface area contributed by atoms with Gasteiger partial charge in [-0.3, -0.25) is 0 Å². The molecule has 1 aliphatic heterocycles. The predicted molar refractivity (Wildman–Crippen MR) is 57.0 cm³/mol. The van der Waals surface area contributed by atoms with Crippen molar-refractivity contribution in [2.45, 2.75) is 39.2 Å². The van der Waals surface area contributed by atoms with E-state index in [2.05, 4.69) is 13.8 Å². The molecule has 1 atom stereocenters. The van der Waals surface area contributed by atoms with E-state index < -0.39 is 0 Å². The maximum Gasteiger partial charge on any atom is 0.0612 e. The van der Waals surface area contributed by atoms with Crippen LogP contribution in [-0.2, 0) is 4.74 Å². The van der Waals surface area contributed by atoms with Gasteiger partial charge < -0.3 is 15.6 Å². The van der Waals surface area contributed by atoms with E-state index in [4.69, 9.17) is 10.5 Å². The van der Waals surface area contributed by atoms with Crippen molar-refractivity contribution in [3.05, 3.63) is 0 Å². The van der Waals surface area contributed by atoms with Gasteiger partial charge >= 0.3 is 0 Å². The summed E-state index contributed by atoms with van der Waals surface area (Å²) in [6.45, 7) is 6.32. The van der Waals surface area contributed by atoms with Crippen LogP contribution < -0.4 is 5.73 Å². The Hall–Kier alpha value is -0.120. The summed E-state index contributed by atoms with van der Waals surface area (Å²) in [5, 5.41) is 10.2. The zero-order valence-electron chi connectivity index (χ0n) is 9.33. The van der Waals surface area contributed by atoms with Gasteiger partial charge in [-0.2, -0.15) is 0 Å². The molecule has 0 aliphatic carbocycles. The SMILES string of the molecule is CC(C)CC(O)C1(CN)CCOCC1. The van der Waals surface area contributed by atoms with Crippen molar-refractivity contribution in [3.8, 4) is 0 Å². The van der Waals surface area contributed by atoms with Gasteiger partial charge in [0.2, 0.25) is 0 Å². The van der Waals surface area contributed by atoms with Gasteiger partial charge in [0.1, 0.15) is 0 Å². The third-order valence-corrected chi connectivity index (χ3v) is 3.30. The fourth-order valence-electron chi connectivity index (χ4n) is 2.15. The van der Waals surface area contributed by atoms with Gasteiger partial charge in [-0.1, -0.05) is 13.8 Å². The van der Waals surface area contributed by atoms with E-state index in [0.717, 1.165) is 32.5 Å². The van der Waals surface area contributed by atoms with Gasteiger partial charge in [-0.25, -0.2) is 0 Å². The highest BCUT2D eigenvalue weighted by molar-refractivity contribution is 4.89. The number of aliphatic hydroxyl groups is 1. The molecule has 3 nitrogen and oxygen atoms in total. The van der Waals surface area contributed by atoms with Crippen LogP contribution in [0.25, 0.3) is 0 Å². The van der Waals surface area contributed by atoms with E-state index in [1.165, 1.54) is 0 Å². The fourth-order valence-corrected chi connectivity index (χ4v) is 2.15. The molecule has 84 valence electrons. The van der Waals surface area contributed by atoms with Crippen molar-refractivity contribution in [2.24, 2.45) is 17.1 Å². The highest BCUT2D eigenvalue weighted by Gasteiger charge is 2.38. The zero-order chi connectivity index (χ0) is 10.6. The number of nitrogens with two attached hydrogens (primary N) is 1. The van der Waals surface area contributed by atoms with Gasteiger partial charge in [0.25, 0.3) is 0 Å². The molecule has 3 heteroatoms. The van der Waals surface area contributed by atoms with Crippen LogP contribution in [0.15, 0.2) is 0 Å². The molecule has 0 saturated carbocycles. The molecule has 0 bridgehead atoms. The van der Waals surface area contributed by atoms with E-state index in [9.17, 15) is 5.11 Å². The van der Waals surface area contributed by atoms with Crippen molar-refractivity contribution >= 4 is 0 Å². The smallest absolute Gasteiger partial charge is 0.0612 e. The molecule has 1 unspecified atom stereocenters. The molecule has 0 amide bonds. The summed E-state index contributed by atoms with van der Waals surface area (Å²) in [5.41, 5.74) is 5.72. The molecule has 0 aromatic heterocycles. The lowest BCUT2D eigenvalue weighted by molar-refractivity contribution is -0.0632. The largest absolute Gasteiger partial charge is 0.392 e. The summed E-state index contributed by atoms with van der Waals surface area (Å²) in [6.07, 6.45) is 2.38. The van der Waals surface area contributed by atoms with Crippen LogP contribution in [0, 0.1) is 11.3 Å². The van der Waals surface area contributed by atoms with E-state index in [1.54, 1.807) is 0 Å². The lowest BCUT2D eigenvalue weighted by Crippen LogP contribution is -2.46. The molecule has 0 aromatic carbocycles. The van der Waals surface area contributed by atoms with Crippen LogP contribution in [0.3, 0.4) is 0 Å². The lowest BCUT2D eigenvalue weighted by atomic mass is 9.73. The van der Waals surface area contributed by atoms with E-state index in [1.807, 2.05) is 0 Å². The van der Waals surface area contributed by atoms with E-state index >= 15 is 0 Å². The molecule has 1 aliphatic rings. The van der Waals surface area contributed by atoms with Crippen molar-refractivity contribution in [1.29, 1.82) is 0 Å². The highest BCUT2D eigenvalue weighted by atomic mass is 16.5. The lowest BCUT2D eigenvalue weighted by Gasteiger charge is -2.40. The molecule has 1 saturated heterocycles. The standard InChI is InChI=1S/C11H23NO2/c1-9(2)7-10(13)11(8-12)3-5-14-6-4-11/h9-10,13H,3-8,12H2,1-2H3. The Morgan fingerprint density at radius 1 is 1.36 bits per heavy atom. The Morgan fingerprint density at radius 2 is 1.93 bits per heavy atom. The first-order valence-corrected chi connectivity index (χ1v) is 5.56. The molecule has 0 radical (unpaired) electrons. The Morgan fingerprint density at radius 3 is 2.36 bits per heavy atom. The first-order chi connectivity index (χ1) is 6.60. The van der Waals surface area contributed by atoms with Crippen LogP contribution in [0.4, 0.5) is 0 Å². The average Bonchev–Trinajstić information content (AvgIpc) is 2.18. The van der Waals surface area contributed by atoms with Crippen molar-refractivity contribution < 1.29 is 9.84 Å². The molecule has 0 aromatic rings. The molecule has 0 spiro atoms. The topological polar surface area (TPSA) is 55.5 Å². The molecule has 1 fully saturated rings. The molecular formula is C11H23NO2. The van der Waals surface area contributed by atoms with Crippen LogP contribution in [0.5, 0.6) is 0 Å². The Kier molecular flexibility index (Phi) is 4.35. The number of rotatable bonds is 4. The van der Waals surface area contributed by atoms with Crippen LogP contribution in [0.1, 0.15) is 33.1 Å². The minimum Gasteiger partial charge on any atom is -0.392 e. The summed E-state index contributed by atoms with van der Waals surface area (Å²) >= 11 is 0. The summed E-state index contributed by atoms with van der Waals surface area (Å²) in [7, 11) is 0. The third kappa shape index (κ3) is 2.69. The molecule has 14 heavy (non-hydrogen) atoms. The first kappa shape index (κ1) is 12.0. The number of hydrogen-bond acceptors (Lipinski definition) is 3. The van der Waals surface area contributed by atoms with Gasteiger partial charge in [0.15, 0.2) is 0 Å². The second-order valence-electron chi connectivity index (χ2n) is 4.82. The summed E-state index contributed by atoms with van der Waals surface area (Å²) < 4.78 is 5.32. The molecule has 1 heterocycles. The number of hydrogen-bond donors (Lipinski definition) is 2. The van der Waals surface area contributed by atoms with Gasteiger partial charge in [0, 0.05) is 25.2 Å². The maximum absolute atomic E-state index is 10.2. The summed E-state index contributed by atoms with van der Waals surface area (Å²) in [6, 6.07) is 0. The minimum absolute atomic E-state index is 0.0808. The average molecular weight is 201 g/mol. The first-order valence-electron chi connectivity index (χ1n) is 5.56. The zero-order valence-corrected chi connectivity index (χ0v) is 9.33. The Balaban J connectivity index is 2.57. The van der Waals surface area contributed by atoms with Gasteiger partial charge in [-0.05, 0) is 25.2 Å². The molecular weight excluding hydrogens is 178 g/mol.